The van der Waals surface area contributed by atoms with Crippen molar-refractivity contribution in [3.05, 3.63) is 18.2 Å². The molecule has 2 aromatic heterocycles. The first-order valence-electron chi connectivity index (χ1n) is 5.84. The number of hydrogen-bond donors (Lipinski definition) is 1. The van der Waals surface area contributed by atoms with Crippen LogP contribution in [0.2, 0.25) is 0 Å². The van der Waals surface area contributed by atoms with Crippen molar-refractivity contribution >= 4 is 22.7 Å². The van der Waals surface area contributed by atoms with Gasteiger partial charge >= 0.3 is 0 Å². The molecule has 0 radical (unpaired) electrons. The Kier molecular flexibility index (Phi) is 2.14. The molecule has 0 unspecified atom stereocenters. The Balaban J connectivity index is 2.25. The quantitative estimate of drug-likeness (QED) is 0.856. The summed E-state index contributed by atoms with van der Waals surface area (Å²) in [4.78, 5) is 13.2. The Morgan fingerprint density at radius 2 is 2.24 bits per heavy atom. The maximum atomic E-state index is 5.93. The van der Waals surface area contributed by atoms with Crippen LogP contribution in [0.3, 0.4) is 0 Å². The van der Waals surface area contributed by atoms with Crippen LogP contribution in [0.15, 0.2) is 12.4 Å². The molecule has 2 N–H and O–H groups in total. The third-order valence-electron chi connectivity index (χ3n) is 3.18. The van der Waals surface area contributed by atoms with Crippen molar-refractivity contribution in [3.8, 4) is 0 Å². The number of nitrogens with two attached hydrogens (primary N) is 1. The van der Waals surface area contributed by atoms with Crippen molar-refractivity contribution in [1.82, 2.24) is 19.5 Å². The van der Waals surface area contributed by atoms with Gasteiger partial charge in [0.1, 0.15) is 12.2 Å². The number of allylic oxidation sites excluding steroid dienone is 2. The summed E-state index contributed by atoms with van der Waals surface area (Å²) in [5.74, 6) is 1.84. The third-order valence-corrected chi connectivity index (χ3v) is 3.18. The van der Waals surface area contributed by atoms with E-state index in [1.165, 1.54) is 12.8 Å². The molecule has 0 aromatic carbocycles. The van der Waals surface area contributed by atoms with Crippen molar-refractivity contribution in [3.63, 3.8) is 0 Å². The lowest BCUT2D eigenvalue weighted by molar-refractivity contribution is 0.937. The summed E-state index contributed by atoms with van der Waals surface area (Å²) in [6.45, 7) is 4.02. The lowest BCUT2D eigenvalue weighted by atomic mass is 10.3. The van der Waals surface area contributed by atoms with Crippen LogP contribution in [0.5, 0.6) is 0 Å². The highest BCUT2D eigenvalue weighted by atomic mass is 15.1. The minimum absolute atomic E-state index is 0.486. The van der Waals surface area contributed by atoms with Crippen molar-refractivity contribution in [2.45, 2.75) is 32.6 Å². The van der Waals surface area contributed by atoms with Crippen LogP contribution in [-0.2, 0) is 0 Å². The molecule has 0 atom stereocenters. The summed E-state index contributed by atoms with van der Waals surface area (Å²) in [5.41, 5.74) is 8.53. The molecule has 0 aliphatic heterocycles. The molecule has 0 saturated heterocycles. The number of aromatic nitrogens is 4. The normalized spacial score (nSPS) is 16.7. The Morgan fingerprint density at radius 1 is 1.47 bits per heavy atom. The molecule has 3 rings (SSSR count). The fourth-order valence-corrected chi connectivity index (χ4v) is 1.86. The van der Waals surface area contributed by atoms with E-state index in [-0.39, 0.29) is 0 Å². The van der Waals surface area contributed by atoms with Gasteiger partial charge < -0.3 is 5.73 Å². The summed E-state index contributed by atoms with van der Waals surface area (Å²) < 4.78 is 1.96. The zero-order valence-corrected chi connectivity index (χ0v) is 10.0. The molecule has 1 fully saturated rings. The molecule has 88 valence electrons. The molecule has 0 spiro atoms. The fourth-order valence-electron chi connectivity index (χ4n) is 1.86. The first-order chi connectivity index (χ1) is 8.20. The standard InChI is InChI=1S/C12H15N5/c1-3-7(2)17-6-14-9-10(13)15-11(8-4-5-8)16-12(9)17/h3,6,8H,4-5H2,1-2H3,(H2,13,15,16)/b7-3-. The number of nitrogen functional groups attached to an aromatic ring is 1. The van der Waals surface area contributed by atoms with E-state index in [4.69, 9.17) is 5.73 Å². The van der Waals surface area contributed by atoms with E-state index in [1.54, 1.807) is 6.33 Å². The predicted molar refractivity (Wildman–Crippen MR) is 67.3 cm³/mol. The highest BCUT2D eigenvalue weighted by Crippen LogP contribution is 2.39. The molecule has 2 aromatic rings. The Labute approximate surface area is 99.4 Å². The van der Waals surface area contributed by atoms with Crippen LogP contribution in [0, 0.1) is 0 Å². The van der Waals surface area contributed by atoms with Gasteiger partial charge in [-0.1, -0.05) is 6.08 Å². The number of fused-ring (bicyclic) bond motifs is 1. The summed E-state index contributed by atoms with van der Waals surface area (Å²) in [6.07, 6.45) is 6.11. The molecule has 0 amide bonds. The SMILES string of the molecule is C/C=C(/C)n1cnc2c(N)nc(C3CC3)nc21. The molecule has 5 nitrogen and oxygen atoms in total. The van der Waals surface area contributed by atoms with E-state index in [0.717, 1.165) is 17.2 Å². The Hall–Kier alpha value is -1.91. The van der Waals surface area contributed by atoms with Gasteiger partial charge in [-0.3, -0.25) is 4.57 Å². The number of nitrogens with zero attached hydrogens (tertiary/aromatic N) is 4. The molecule has 1 saturated carbocycles. The van der Waals surface area contributed by atoms with E-state index in [2.05, 4.69) is 15.0 Å². The minimum atomic E-state index is 0.486. The summed E-state index contributed by atoms with van der Waals surface area (Å²) in [7, 11) is 0. The van der Waals surface area contributed by atoms with Gasteiger partial charge in [-0.25, -0.2) is 15.0 Å². The largest absolute Gasteiger partial charge is 0.382 e. The molecule has 5 heteroatoms. The van der Waals surface area contributed by atoms with Crippen LogP contribution in [0.25, 0.3) is 16.9 Å². The zero-order chi connectivity index (χ0) is 12.0. The zero-order valence-electron chi connectivity index (χ0n) is 10.0. The van der Waals surface area contributed by atoms with E-state index in [9.17, 15) is 0 Å². The van der Waals surface area contributed by atoms with E-state index >= 15 is 0 Å². The van der Waals surface area contributed by atoms with Crippen molar-refractivity contribution in [2.24, 2.45) is 0 Å². The van der Waals surface area contributed by atoms with Crippen LogP contribution in [0.1, 0.15) is 38.4 Å². The second-order valence-electron chi connectivity index (χ2n) is 4.46. The van der Waals surface area contributed by atoms with Gasteiger partial charge in [0.2, 0.25) is 0 Å². The molecular formula is C12H15N5. The maximum absolute atomic E-state index is 5.93. The first-order valence-corrected chi connectivity index (χ1v) is 5.84. The van der Waals surface area contributed by atoms with Gasteiger partial charge in [0.05, 0.1) is 0 Å². The summed E-state index contributed by atoms with van der Waals surface area (Å²) in [6, 6.07) is 0. The van der Waals surface area contributed by atoms with Gasteiger partial charge in [-0.15, -0.1) is 0 Å². The van der Waals surface area contributed by atoms with E-state index in [0.29, 0.717) is 17.3 Å². The second-order valence-corrected chi connectivity index (χ2v) is 4.46. The highest BCUT2D eigenvalue weighted by molar-refractivity contribution is 5.84. The van der Waals surface area contributed by atoms with Gasteiger partial charge in [-0.05, 0) is 26.7 Å². The number of rotatable bonds is 2. The van der Waals surface area contributed by atoms with Crippen LogP contribution < -0.4 is 5.73 Å². The minimum Gasteiger partial charge on any atom is -0.382 e. The van der Waals surface area contributed by atoms with Gasteiger partial charge in [-0.2, -0.15) is 0 Å². The molecule has 17 heavy (non-hydrogen) atoms. The maximum Gasteiger partial charge on any atom is 0.170 e. The lowest BCUT2D eigenvalue weighted by Gasteiger charge is -2.04. The van der Waals surface area contributed by atoms with Crippen molar-refractivity contribution < 1.29 is 0 Å². The molecule has 2 heterocycles. The third kappa shape index (κ3) is 1.58. The molecule has 1 aliphatic rings. The van der Waals surface area contributed by atoms with Gasteiger partial charge in [0, 0.05) is 11.6 Å². The molecule has 1 aliphatic carbocycles. The molecular weight excluding hydrogens is 214 g/mol. The first kappa shape index (κ1) is 10.3. The molecule has 0 bridgehead atoms. The monoisotopic (exact) mass is 229 g/mol. The number of imidazole rings is 1. The Morgan fingerprint density at radius 3 is 2.88 bits per heavy atom. The van der Waals surface area contributed by atoms with E-state index < -0.39 is 0 Å². The highest BCUT2D eigenvalue weighted by Gasteiger charge is 2.28. The predicted octanol–water partition coefficient (Wildman–Crippen LogP) is 2.17. The van der Waals surface area contributed by atoms with Gasteiger partial charge in [0.25, 0.3) is 0 Å². The van der Waals surface area contributed by atoms with Crippen molar-refractivity contribution in [2.75, 3.05) is 5.73 Å². The van der Waals surface area contributed by atoms with Gasteiger partial charge in [0.15, 0.2) is 17.0 Å². The van der Waals surface area contributed by atoms with Crippen LogP contribution in [0.4, 0.5) is 5.82 Å². The van der Waals surface area contributed by atoms with Crippen molar-refractivity contribution in [1.29, 1.82) is 0 Å². The van der Waals surface area contributed by atoms with Crippen LogP contribution >= 0.6 is 0 Å². The smallest absolute Gasteiger partial charge is 0.170 e. The van der Waals surface area contributed by atoms with Crippen LogP contribution in [-0.4, -0.2) is 19.5 Å². The summed E-state index contributed by atoms with van der Waals surface area (Å²) in [5, 5.41) is 0. The lowest BCUT2D eigenvalue weighted by Crippen LogP contribution is -2.02. The number of hydrogen-bond acceptors (Lipinski definition) is 4. The average molecular weight is 229 g/mol. The number of anilines is 1. The Bertz CT molecular complexity index is 607. The average Bonchev–Trinajstić information content (AvgIpc) is 3.08. The summed E-state index contributed by atoms with van der Waals surface area (Å²) >= 11 is 0. The topological polar surface area (TPSA) is 69.6 Å². The second kappa shape index (κ2) is 3.55. The fraction of sp³-hybridized carbons (Fsp3) is 0.417. The van der Waals surface area contributed by atoms with E-state index in [1.807, 2.05) is 24.5 Å².